The molecule has 2 heteroatoms. The molecule has 0 heterocycles. The minimum atomic E-state index is 0.414. The second-order valence-electron chi connectivity index (χ2n) is 4.85. The summed E-state index contributed by atoms with van der Waals surface area (Å²) in [7, 11) is 2.22. The van der Waals surface area contributed by atoms with Gasteiger partial charge in [0, 0.05) is 18.6 Å². The summed E-state index contributed by atoms with van der Waals surface area (Å²) < 4.78 is 0. The number of rotatable bonds is 3. The molecule has 1 saturated carbocycles. The first-order valence-corrected chi connectivity index (χ1v) is 5.57. The SMILES string of the molecule is CC(C)CN(C)[C@@H]1CCCC[C@H]1N. The third kappa shape index (κ3) is 3.28. The van der Waals surface area contributed by atoms with E-state index in [1.54, 1.807) is 0 Å². The predicted octanol–water partition coefficient (Wildman–Crippen LogP) is 1.84. The summed E-state index contributed by atoms with van der Waals surface area (Å²) >= 11 is 0. The molecule has 0 unspecified atom stereocenters. The number of nitrogens with two attached hydrogens (primary N) is 1. The number of likely N-dealkylation sites (N-methyl/N-ethyl adjacent to an activating group) is 1. The highest BCUT2D eigenvalue weighted by Crippen LogP contribution is 2.21. The first-order valence-electron chi connectivity index (χ1n) is 5.57. The molecule has 0 amide bonds. The van der Waals surface area contributed by atoms with E-state index in [0.717, 1.165) is 5.92 Å². The molecule has 0 bridgehead atoms. The lowest BCUT2D eigenvalue weighted by molar-refractivity contribution is 0.154. The van der Waals surface area contributed by atoms with Crippen molar-refractivity contribution in [1.29, 1.82) is 0 Å². The Balaban J connectivity index is 2.39. The maximum Gasteiger partial charge on any atom is 0.0244 e. The van der Waals surface area contributed by atoms with Crippen molar-refractivity contribution in [2.45, 2.75) is 51.6 Å². The Morgan fingerprint density at radius 3 is 2.46 bits per heavy atom. The molecule has 1 aliphatic rings. The summed E-state index contributed by atoms with van der Waals surface area (Å²) in [6.07, 6.45) is 5.20. The number of hydrogen-bond donors (Lipinski definition) is 1. The van der Waals surface area contributed by atoms with Gasteiger partial charge in [-0.2, -0.15) is 0 Å². The van der Waals surface area contributed by atoms with Gasteiger partial charge >= 0.3 is 0 Å². The van der Waals surface area contributed by atoms with Crippen LogP contribution in [0.2, 0.25) is 0 Å². The lowest BCUT2D eigenvalue weighted by Crippen LogP contribution is -2.48. The zero-order chi connectivity index (χ0) is 9.84. The topological polar surface area (TPSA) is 29.3 Å². The molecule has 2 atom stereocenters. The van der Waals surface area contributed by atoms with Crippen LogP contribution in [0.1, 0.15) is 39.5 Å². The van der Waals surface area contributed by atoms with Crippen LogP contribution in [0.5, 0.6) is 0 Å². The van der Waals surface area contributed by atoms with Crippen molar-refractivity contribution in [2.24, 2.45) is 11.7 Å². The van der Waals surface area contributed by atoms with Crippen LogP contribution in [0.25, 0.3) is 0 Å². The number of hydrogen-bond acceptors (Lipinski definition) is 2. The number of nitrogens with zero attached hydrogens (tertiary/aromatic N) is 1. The molecule has 2 nitrogen and oxygen atoms in total. The molecular weight excluding hydrogens is 160 g/mol. The first-order chi connectivity index (χ1) is 6.11. The Kier molecular flexibility index (Phi) is 4.20. The van der Waals surface area contributed by atoms with Gasteiger partial charge in [0.05, 0.1) is 0 Å². The van der Waals surface area contributed by atoms with Gasteiger partial charge in [0.1, 0.15) is 0 Å². The van der Waals surface area contributed by atoms with E-state index in [1.807, 2.05) is 0 Å². The fourth-order valence-corrected chi connectivity index (χ4v) is 2.40. The fourth-order valence-electron chi connectivity index (χ4n) is 2.40. The van der Waals surface area contributed by atoms with E-state index in [4.69, 9.17) is 5.73 Å². The van der Waals surface area contributed by atoms with Gasteiger partial charge in [-0.25, -0.2) is 0 Å². The van der Waals surface area contributed by atoms with Crippen LogP contribution in [-0.2, 0) is 0 Å². The van der Waals surface area contributed by atoms with Crippen LogP contribution in [0.3, 0.4) is 0 Å². The van der Waals surface area contributed by atoms with E-state index >= 15 is 0 Å². The minimum Gasteiger partial charge on any atom is -0.326 e. The normalized spacial score (nSPS) is 30.0. The van der Waals surface area contributed by atoms with Crippen molar-refractivity contribution in [2.75, 3.05) is 13.6 Å². The van der Waals surface area contributed by atoms with Crippen molar-refractivity contribution in [3.63, 3.8) is 0 Å². The largest absolute Gasteiger partial charge is 0.326 e. The van der Waals surface area contributed by atoms with Gasteiger partial charge in [-0.3, -0.25) is 0 Å². The molecule has 2 N–H and O–H groups in total. The fraction of sp³-hybridized carbons (Fsp3) is 1.00. The molecule has 0 aromatic rings. The van der Waals surface area contributed by atoms with Gasteiger partial charge in [-0.05, 0) is 25.8 Å². The third-order valence-corrected chi connectivity index (χ3v) is 3.00. The Hall–Kier alpha value is -0.0800. The average Bonchev–Trinajstić information content (AvgIpc) is 2.03. The van der Waals surface area contributed by atoms with Crippen molar-refractivity contribution >= 4 is 0 Å². The lowest BCUT2D eigenvalue weighted by Gasteiger charge is -2.36. The van der Waals surface area contributed by atoms with Gasteiger partial charge in [0.2, 0.25) is 0 Å². The summed E-state index contributed by atoms with van der Waals surface area (Å²) in [4.78, 5) is 2.45. The molecule has 1 fully saturated rings. The predicted molar refractivity (Wildman–Crippen MR) is 57.7 cm³/mol. The molecule has 0 aromatic heterocycles. The van der Waals surface area contributed by atoms with Crippen molar-refractivity contribution in [3.05, 3.63) is 0 Å². The molecule has 0 aromatic carbocycles. The third-order valence-electron chi connectivity index (χ3n) is 3.00. The zero-order valence-corrected chi connectivity index (χ0v) is 9.29. The zero-order valence-electron chi connectivity index (χ0n) is 9.29. The smallest absolute Gasteiger partial charge is 0.0244 e. The van der Waals surface area contributed by atoms with Crippen LogP contribution >= 0.6 is 0 Å². The van der Waals surface area contributed by atoms with E-state index in [-0.39, 0.29) is 0 Å². The van der Waals surface area contributed by atoms with Gasteiger partial charge < -0.3 is 10.6 Å². The molecule has 0 spiro atoms. The van der Waals surface area contributed by atoms with Crippen LogP contribution < -0.4 is 5.73 Å². The van der Waals surface area contributed by atoms with E-state index in [2.05, 4.69) is 25.8 Å². The minimum absolute atomic E-state index is 0.414. The molecule has 0 saturated heterocycles. The maximum atomic E-state index is 6.11. The molecule has 13 heavy (non-hydrogen) atoms. The quantitative estimate of drug-likeness (QED) is 0.725. The van der Waals surface area contributed by atoms with Gasteiger partial charge in [0.25, 0.3) is 0 Å². The van der Waals surface area contributed by atoms with Crippen LogP contribution in [0, 0.1) is 5.92 Å². The lowest BCUT2D eigenvalue weighted by atomic mass is 9.90. The highest BCUT2D eigenvalue weighted by Gasteiger charge is 2.25. The molecule has 1 aliphatic carbocycles. The summed E-state index contributed by atoms with van der Waals surface area (Å²) in [5.74, 6) is 0.749. The summed E-state index contributed by atoms with van der Waals surface area (Å²) in [5, 5.41) is 0. The van der Waals surface area contributed by atoms with E-state index in [9.17, 15) is 0 Å². The Morgan fingerprint density at radius 1 is 1.31 bits per heavy atom. The second kappa shape index (κ2) is 4.97. The highest BCUT2D eigenvalue weighted by molar-refractivity contribution is 4.84. The Labute approximate surface area is 82.5 Å². The molecule has 0 aliphatic heterocycles. The molecule has 0 radical (unpaired) electrons. The monoisotopic (exact) mass is 184 g/mol. The van der Waals surface area contributed by atoms with E-state index in [0.29, 0.717) is 12.1 Å². The maximum absolute atomic E-state index is 6.11. The van der Waals surface area contributed by atoms with Crippen LogP contribution in [0.4, 0.5) is 0 Å². The van der Waals surface area contributed by atoms with Gasteiger partial charge in [-0.1, -0.05) is 26.7 Å². The summed E-state index contributed by atoms with van der Waals surface area (Å²) in [5.41, 5.74) is 6.11. The van der Waals surface area contributed by atoms with E-state index < -0.39 is 0 Å². The van der Waals surface area contributed by atoms with Crippen molar-refractivity contribution in [1.82, 2.24) is 4.90 Å². The molecule has 1 rings (SSSR count). The average molecular weight is 184 g/mol. The van der Waals surface area contributed by atoms with Gasteiger partial charge in [-0.15, -0.1) is 0 Å². The molecule has 78 valence electrons. The van der Waals surface area contributed by atoms with E-state index in [1.165, 1.54) is 32.2 Å². The molecular formula is C11H24N2. The highest BCUT2D eigenvalue weighted by atomic mass is 15.1. The van der Waals surface area contributed by atoms with Crippen molar-refractivity contribution in [3.8, 4) is 0 Å². The standard InChI is InChI=1S/C11H24N2/c1-9(2)8-13(3)11-7-5-4-6-10(11)12/h9-11H,4-8,12H2,1-3H3/t10-,11-/m1/s1. The second-order valence-corrected chi connectivity index (χ2v) is 4.85. The first kappa shape index (κ1) is 11.0. The van der Waals surface area contributed by atoms with Gasteiger partial charge in [0.15, 0.2) is 0 Å². The summed E-state index contributed by atoms with van der Waals surface area (Å²) in [6.45, 7) is 5.72. The Morgan fingerprint density at radius 2 is 1.92 bits per heavy atom. The van der Waals surface area contributed by atoms with Crippen LogP contribution in [0.15, 0.2) is 0 Å². The Bertz CT molecular complexity index is 145. The van der Waals surface area contributed by atoms with Crippen molar-refractivity contribution < 1.29 is 0 Å². The van der Waals surface area contributed by atoms with Crippen LogP contribution in [-0.4, -0.2) is 30.6 Å². The summed E-state index contributed by atoms with van der Waals surface area (Å²) in [6, 6.07) is 1.05.